The summed E-state index contributed by atoms with van der Waals surface area (Å²) in [6.07, 6.45) is 8.73. The number of hydrogen-bond donors (Lipinski definition) is 0. The molecule has 1 unspecified atom stereocenters. The van der Waals surface area contributed by atoms with E-state index in [0.29, 0.717) is 0 Å². The van der Waals surface area contributed by atoms with E-state index in [1.165, 1.54) is 37.7 Å². The van der Waals surface area contributed by atoms with Crippen molar-refractivity contribution < 1.29 is 0 Å². The minimum absolute atomic E-state index is 0.949. The van der Waals surface area contributed by atoms with Crippen LogP contribution in [0.1, 0.15) is 73.6 Å². The lowest BCUT2D eigenvalue weighted by atomic mass is 10.0. The predicted molar refractivity (Wildman–Crippen MR) is 68.7 cm³/mol. The largest absolute Gasteiger partial charge is 0.0859 e. The average Bonchev–Trinajstić information content (AvgIpc) is 2.19. The van der Waals surface area contributed by atoms with Gasteiger partial charge in [0.2, 0.25) is 0 Å². The molecule has 0 heterocycles. The summed E-state index contributed by atoms with van der Waals surface area (Å²) < 4.78 is 0. The van der Waals surface area contributed by atoms with Gasteiger partial charge in [-0.25, -0.2) is 0 Å². The van der Waals surface area contributed by atoms with Crippen LogP contribution in [0.25, 0.3) is 0 Å². The van der Waals surface area contributed by atoms with Gasteiger partial charge >= 0.3 is 0 Å². The molecule has 0 saturated heterocycles. The van der Waals surface area contributed by atoms with Crippen molar-refractivity contribution >= 4 is 0 Å². The molecule has 0 bridgehead atoms. The van der Waals surface area contributed by atoms with Crippen molar-refractivity contribution in [2.75, 3.05) is 0 Å². The molecule has 0 N–H and O–H groups in total. The molecule has 86 valence electrons. The van der Waals surface area contributed by atoms with E-state index in [-0.39, 0.29) is 0 Å². The topological polar surface area (TPSA) is 0 Å². The standard InChI is InChI=1S/C7H16.C7H14/c2*1-4-6-7(3)5-2/h7H,4-6H2,1-3H3;6H,4-5H2,1-3H3. The highest BCUT2D eigenvalue weighted by Crippen LogP contribution is 2.07. The SMILES string of the molecule is CCC=C(C)CC.CCCC(C)CC. The summed E-state index contributed by atoms with van der Waals surface area (Å²) in [6, 6.07) is 0. The lowest BCUT2D eigenvalue weighted by Crippen LogP contribution is -1.88. The third-order valence-electron chi connectivity index (χ3n) is 2.59. The summed E-state index contributed by atoms with van der Waals surface area (Å²) in [5.74, 6) is 0.949. The van der Waals surface area contributed by atoms with Crippen molar-refractivity contribution in [2.45, 2.75) is 73.6 Å². The molecule has 0 aliphatic rings. The fourth-order valence-electron chi connectivity index (χ4n) is 1.19. The lowest BCUT2D eigenvalue weighted by Gasteiger charge is -2.02. The van der Waals surface area contributed by atoms with Gasteiger partial charge < -0.3 is 0 Å². The van der Waals surface area contributed by atoms with Crippen molar-refractivity contribution in [1.82, 2.24) is 0 Å². The predicted octanol–water partition coefficient (Wildman–Crippen LogP) is 5.59. The van der Waals surface area contributed by atoms with Crippen LogP contribution in [-0.4, -0.2) is 0 Å². The highest BCUT2D eigenvalue weighted by atomic mass is 14.0. The van der Waals surface area contributed by atoms with E-state index in [1.54, 1.807) is 0 Å². The number of rotatable bonds is 5. The molecule has 0 aromatic carbocycles. The maximum absolute atomic E-state index is 2.31. The second-order valence-electron chi connectivity index (χ2n) is 4.11. The fourth-order valence-corrected chi connectivity index (χ4v) is 1.19. The monoisotopic (exact) mass is 198 g/mol. The van der Waals surface area contributed by atoms with Gasteiger partial charge in [-0.3, -0.25) is 0 Å². The maximum atomic E-state index is 2.31. The highest BCUT2D eigenvalue weighted by molar-refractivity contribution is 4.95. The first-order valence-electron chi connectivity index (χ1n) is 6.27. The summed E-state index contributed by atoms with van der Waals surface area (Å²) in [7, 11) is 0. The number of allylic oxidation sites excluding steroid dienone is 2. The highest BCUT2D eigenvalue weighted by Gasteiger charge is 1.92. The van der Waals surface area contributed by atoms with Crippen LogP contribution in [0.3, 0.4) is 0 Å². The summed E-state index contributed by atoms with van der Waals surface area (Å²) in [5.41, 5.74) is 1.50. The van der Waals surface area contributed by atoms with E-state index >= 15 is 0 Å². The van der Waals surface area contributed by atoms with Gasteiger partial charge in [0, 0.05) is 0 Å². The van der Waals surface area contributed by atoms with Gasteiger partial charge in [0.25, 0.3) is 0 Å². The Morgan fingerprint density at radius 3 is 1.86 bits per heavy atom. The number of hydrogen-bond acceptors (Lipinski definition) is 0. The molecule has 1 atom stereocenters. The van der Waals surface area contributed by atoms with Crippen molar-refractivity contribution in [3.63, 3.8) is 0 Å². The molecule has 0 aromatic heterocycles. The third kappa shape index (κ3) is 14.3. The van der Waals surface area contributed by atoms with Crippen LogP contribution in [0, 0.1) is 5.92 Å². The van der Waals surface area contributed by atoms with Gasteiger partial charge in [-0.15, -0.1) is 0 Å². The Bertz CT molecular complexity index is 122. The van der Waals surface area contributed by atoms with Crippen LogP contribution >= 0.6 is 0 Å². The quantitative estimate of drug-likeness (QED) is 0.505. The minimum atomic E-state index is 0.949. The minimum Gasteiger partial charge on any atom is -0.0859 e. The molecule has 0 aromatic rings. The summed E-state index contributed by atoms with van der Waals surface area (Å²) in [6.45, 7) is 13.3. The van der Waals surface area contributed by atoms with Crippen molar-refractivity contribution in [3.8, 4) is 0 Å². The zero-order valence-corrected chi connectivity index (χ0v) is 11.2. The van der Waals surface area contributed by atoms with Gasteiger partial charge in [0.05, 0.1) is 0 Å². The molecule has 0 spiro atoms. The lowest BCUT2D eigenvalue weighted by molar-refractivity contribution is 0.509. The van der Waals surface area contributed by atoms with Gasteiger partial charge in [0.15, 0.2) is 0 Å². The Balaban J connectivity index is 0. The van der Waals surface area contributed by atoms with E-state index in [2.05, 4.69) is 47.6 Å². The zero-order valence-electron chi connectivity index (χ0n) is 11.2. The molecular formula is C14H30. The maximum Gasteiger partial charge on any atom is -0.0352 e. The zero-order chi connectivity index (χ0) is 11.4. The van der Waals surface area contributed by atoms with E-state index in [0.717, 1.165) is 5.92 Å². The van der Waals surface area contributed by atoms with Crippen molar-refractivity contribution in [3.05, 3.63) is 11.6 Å². The average molecular weight is 198 g/mol. The van der Waals surface area contributed by atoms with Gasteiger partial charge in [-0.2, -0.15) is 0 Å². The van der Waals surface area contributed by atoms with Crippen LogP contribution in [0.5, 0.6) is 0 Å². The molecular weight excluding hydrogens is 168 g/mol. The van der Waals surface area contributed by atoms with Crippen LogP contribution in [0.4, 0.5) is 0 Å². The molecule has 0 aliphatic carbocycles. The molecule has 0 aliphatic heterocycles. The molecule has 0 saturated carbocycles. The van der Waals surface area contributed by atoms with Crippen LogP contribution in [-0.2, 0) is 0 Å². The van der Waals surface area contributed by atoms with Gasteiger partial charge in [-0.1, -0.05) is 65.5 Å². The fraction of sp³-hybridized carbons (Fsp3) is 0.857. The molecule has 0 radical (unpaired) electrons. The second kappa shape index (κ2) is 12.7. The van der Waals surface area contributed by atoms with E-state index < -0.39 is 0 Å². The van der Waals surface area contributed by atoms with E-state index in [9.17, 15) is 0 Å². The Kier molecular flexibility index (Phi) is 14.7. The van der Waals surface area contributed by atoms with Crippen LogP contribution in [0.15, 0.2) is 11.6 Å². The van der Waals surface area contributed by atoms with Gasteiger partial charge in [0.1, 0.15) is 0 Å². The Morgan fingerprint density at radius 1 is 1.14 bits per heavy atom. The van der Waals surface area contributed by atoms with Crippen LogP contribution < -0.4 is 0 Å². The van der Waals surface area contributed by atoms with Gasteiger partial charge in [-0.05, 0) is 25.7 Å². The smallest absolute Gasteiger partial charge is 0.0352 e. The molecule has 0 fully saturated rings. The Labute approximate surface area is 91.8 Å². The molecule has 0 rings (SSSR count). The Hall–Kier alpha value is -0.260. The first-order valence-corrected chi connectivity index (χ1v) is 6.27. The first-order chi connectivity index (χ1) is 6.62. The Morgan fingerprint density at radius 2 is 1.71 bits per heavy atom. The summed E-state index contributed by atoms with van der Waals surface area (Å²) >= 11 is 0. The molecule has 14 heavy (non-hydrogen) atoms. The normalized spacial score (nSPS) is 13.1. The van der Waals surface area contributed by atoms with E-state index in [1.807, 2.05) is 0 Å². The summed E-state index contributed by atoms with van der Waals surface area (Å²) in [4.78, 5) is 0. The second-order valence-corrected chi connectivity index (χ2v) is 4.11. The van der Waals surface area contributed by atoms with Crippen LogP contribution in [0.2, 0.25) is 0 Å². The van der Waals surface area contributed by atoms with E-state index in [4.69, 9.17) is 0 Å². The summed E-state index contributed by atoms with van der Waals surface area (Å²) in [5, 5.41) is 0. The van der Waals surface area contributed by atoms with Crippen molar-refractivity contribution in [1.29, 1.82) is 0 Å². The molecule has 0 heteroatoms. The molecule has 0 nitrogen and oxygen atoms in total. The third-order valence-corrected chi connectivity index (χ3v) is 2.59. The first kappa shape index (κ1) is 16.2. The van der Waals surface area contributed by atoms with Crippen molar-refractivity contribution in [2.24, 2.45) is 5.92 Å². The molecule has 0 amide bonds.